The standard InChI is InChI=1S/C17H11NO2S3/c1-9-15(17(19)20)23-16(18-9)14-5-4-13(22-14)10-2-3-12-11(8-10)6-7-21-12/h2-8H,1H3,(H,19,20). The largest absolute Gasteiger partial charge is 0.477 e. The quantitative estimate of drug-likeness (QED) is 0.507. The molecule has 0 amide bonds. The maximum atomic E-state index is 11.2. The van der Waals surface area contributed by atoms with Gasteiger partial charge in [0.25, 0.3) is 0 Å². The first-order chi connectivity index (χ1) is 11.1. The fourth-order valence-electron chi connectivity index (χ4n) is 2.43. The van der Waals surface area contributed by atoms with Crippen LogP contribution in [0, 0.1) is 6.92 Å². The zero-order valence-corrected chi connectivity index (χ0v) is 14.5. The lowest BCUT2D eigenvalue weighted by molar-refractivity contribution is 0.0701. The lowest BCUT2D eigenvalue weighted by Crippen LogP contribution is -1.94. The molecule has 1 aromatic carbocycles. The number of carbonyl (C=O) groups is 1. The van der Waals surface area contributed by atoms with E-state index in [1.165, 1.54) is 27.0 Å². The topological polar surface area (TPSA) is 50.2 Å². The Balaban J connectivity index is 1.73. The summed E-state index contributed by atoms with van der Waals surface area (Å²) < 4.78 is 1.28. The van der Waals surface area contributed by atoms with Crippen molar-refractivity contribution in [1.82, 2.24) is 4.98 Å². The van der Waals surface area contributed by atoms with Gasteiger partial charge in [0.1, 0.15) is 9.88 Å². The van der Waals surface area contributed by atoms with Crippen molar-refractivity contribution in [3.8, 4) is 20.3 Å². The van der Waals surface area contributed by atoms with Crippen LogP contribution in [0.15, 0.2) is 41.8 Å². The number of hydrogen-bond acceptors (Lipinski definition) is 5. The van der Waals surface area contributed by atoms with Crippen LogP contribution in [0.2, 0.25) is 0 Å². The zero-order chi connectivity index (χ0) is 16.0. The number of benzene rings is 1. The fourth-order valence-corrected chi connectivity index (χ4v) is 5.16. The normalized spacial score (nSPS) is 11.2. The molecular weight excluding hydrogens is 346 g/mol. The Morgan fingerprint density at radius 3 is 2.70 bits per heavy atom. The summed E-state index contributed by atoms with van der Waals surface area (Å²) in [5, 5.41) is 13.3. The van der Waals surface area contributed by atoms with Gasteiger partial charge in [0.2, 0.25) is 0 Å². The molecule has 1 N–H and O–H groups in total. The van der Waals surface area contributed by atoms with Gasteiger partial charge in [-0.15, -0.1) is 34.0 Å². The van der Waals surface area contributed by atoms with E-state index in [0.717, 1.165) is 14.8 Å². The molecule has 114 valence electrons. The Kier molecular flexibility index (Phi) is 3.52. The van der Waals surface area contributed by atoms with Crippen LogP contribution in [0.25, 0.3) is 30.4 Å². The first-order valence-electron chi connectivity index (χ1n) is 6.90. The summed E-state index contributed by atoms with van der Waals surface area (Å²) in [6.07, 6.45) is 0. The second kappa shape index (κ2) is 5.56. The highest BCUT2D eigenvalue weighted by Crippen LogP contribution is 2.38. The summed E-state index contributed by atoms with van der Waals surface area (Å²) in [5.41, 5.74) is 1.76. The smallest absolute Gasteiger partial charge is 0.347 e. The van der Waals surface area contributed by atoms with Crippen LogP contribution in [0.1, 0.15) is 15.4 Å². The molecule has 0 aliphatic carbocycles. The lowest BCUT2D eigenvalue weighted by atomic mass is 10.1. The molecule has 0 fully saturated rings. The van der Waals surface area contributed by atoms with Gasteiger partial charge in [0, 0.05) is 9.58 Å². The zero-order valence-electron chi connectivity index (χ0n) is 12.1. The van der Waals surface area contributed by atoms with Crippen LogP contribution in [-0.4, -0.2) is 16.1 Å². The van der Waals surface area contributed by atoms with Crippen molar-refractivity contribution in [1.29, 1.82) is 0 Å². The molecule has 23 heavy (non-hydrogen) atoms. The maximum absolute atomic E-state index is 11.2. The van der Waals surface area contributed by atoms with Gasteiger partial charge < -0.3 is 5.11 Å². The van der Waals surface area contributed by atoms with Gasteiger partial charge >= 0.3 is 5.97 Å². The van der Waals surface area contributed by atoms with Crippen molar-refractivity contribution in [2.24, 2.45) is 0 Å². The molecule has 0 saturated carbocycles. The Hall–Kier alpha value is -2.02. The average molecular weight is 357 g/mol. The number of aromatic nitrogens is 1. The Labute approximate surface area is 144 Å². The summed E-state index contributed by atoms with van der Waals surface area (Å²) in [4.78, 5) is 18.1. The van der Waals surface area contributed by atoms with Crippen LogP contribution in [0.4, 0.5) is 0 Å². The summed E-state index contributed by atoms with van der Waals surface area (Å²) in [5.74, 6) is -0.911. The Bertz CT molecular complexity index is 1030. The number of hydrogen-bond donors (Lipinski definition) is 1. The van der Waals surface area contributed by atoms with Gasteiger partial charge in [0.15, 0.2) is 0 Å². The van der Waals surface area contributed by atoms with Gasteiger partial charge in [-0.3, -0.25) is 0 Å². The molecule has 3 heterocycles. The SMILES string of the molecule is Cc1nc(-c2ccc(-c3ccc4sccc4c3)s2)sc1C(=O)O. The van der Waals surface area contributed by atoms with Gasteiger partial charge in [0.05, 0.1) is 10.6 Å². The molecule has 0 atom stereocenters. The average Bonchev–Trinajstić information content (AvgIpc) is 3.24. The second-order valence-corrected chi connectivity index (χ2v) is 8.11. The Morgan fingerprint density at radius 2 is 1.91 bits per heavy atom. The molecule has 0 aliphatic rings. The summed E-state index contributed by atoms with van der Waals surface area (Å²) >= 11 is 4.62. The molecular formula is C17H11NO2S3. The number of carboxylic acids is 1. The van der Waals surface area contributed by atoms with Gasteiger partial charge in [-0.1, -0.05) is 6.07 Å². The minimum atomic E-state index is -0.911. The predicted octanol–water partition coefficient (Wildman–Crippen LogP) is 5.76. The summed E-state index contributed by atoms with van der Waals surface area (Å²) in [6.45, 7) is 1.74. The number of aromatic carboxylic acids is 1. The monoisotopic (exact) mass is 357 g/mol. The van der Waals surface area contributed by atoms with Crippen molar-refractivity contribution in [2.45, 2.75) is 6.92 Å². The molecule has 3 aromatic heterocycles. The van der Waals surface area contributed by atoms with Crippen molar-refractivity contribution in [3.05, 3.63) is 52.3 Å². The first kappa shape index (κ1) is 14.6. The number of rotatable bonds is 3. The molecule has 4 aromatic rings. The maximum Gasteiger partial charge on any atom is 0.347 e. The number of aryl methyl sites for hydroxylation is 1. The third-order valence-corrected chi connectivity index (χ3v) is 6.89. The number of fused-ring (bicyclic) bond motifs is 1. The van der Waals surface area contributed by atoms with E-state index >= 15 is 0 Å². The minimum Gasteiger partial charge on any atom is -0.477 e. The predicted molar refractivity (Wildman–Crippen MR) is 97.9 cm³/mol. The van der Waals surface area contributed by atoms with E-state index in [1.807, 2.05) is 6.07 Å². The van der Waals surface area contributed by atoms with E-state index in [4.69, 9.17) is 5.11 Å². The molecule has 0 bridgehead atoms. The van der Waals surface area contributed by atoms with Crippen LogP contribution >= 0.6 is 34.0 Å². The lowest BCUT2D eigenvalue weighted by Gasteiger charge is -1.97. The second-order valence-electron chi connectivity index (χ2n) is 5.08. The molecule has 4 rings (SSSR count). The molecule has 6 heteroatoms. The molecule has 0 spiro atoms. The molecule has 0 saturated heterocycles. The van der Waals surface area contributed by atoms with E-state index in [1.54, 1.807) is 29.6 Å². The van der Waals surface area contributed by atoms with E-state index < -0.39 is 5.97 Å². The van der Waals surface area contributed by atoms with Crippen molar-refractivity contribution < 1.29 is 9.90 Å². The van der Waals surface area contributed by atoms with E-state index in [2.05, 4.69) is 40.7 Å². The van der Waals surface area contributed by atoms with Crippen molar-refractivity contribution in [3.63, 3.8) is 0 Å². The fraction of sp³-hybridized carbons (Fsp3) is 0.0588. The van der Waals surface area contributed by atoms with Gasteiger partial charge in [-0.2, -0.15) is 0 Å². The number of thiazole rings is 1. The van der Waals surface area contributed by atoms with Crippen LogP contribution in [0.3, 0.4) is 0 Å². The van der Waals surface area contributed by atoms with Crippen LogP contribution in [0.5, 0.6) is 0 Å². The van der Waals surface area contributed by atoms with Crippen molar-refractivity contribution >= 4 is 50.1 Å². The number of carboxylic acid groups (broad SMARTS) is 1. The highest BCUT2D eigenvalue weighted by atomic mass is 32.1. The van der Waals surface area contributed by atoms with E-state index in [-0.39, 0.29) is 0 Å². The van der Waals surface area contributed by atoms with Crippen LogP contribution in [-0.2, 0) is 0 Å². The highest BCUT2D eigenvalue weighted by molar-refractivity contribution is 7.24. The van der Waals surface area contributed by atoms with Gasteiger partial charge in [-0.25, -0.2) is 9.78 Å². The van der Waals surface area contributed by atoms with E-state index in [9.17, 15) is 4.79 Å². The molecule has 0 radical (unpaired) electrons. The summed E-state index contributed by atoms with van der Waals surface area (Å²) in [6, 6.07) is 12.7. The van der Waals surface area contributed by atoms with E-state index in [0.29, 0.717) is 10.6 Å². The highest BCUT2D eigenvalue weighted by Gasteiger charge is 2.16. The number of thiophene rings is 2. The molecule has 3 nitrogen and oxygen atoms in total. The third-order valence-electron chi connectivity index (χ3n) is 3.54. The minimum absolute atomic E-state index is 0.314. The first-order valence-corrected chi connectivity index (χ1v) is 9.41. The van der Waals surface area contributed by atoms with Crippen LogP contribution < -0.4 is 0 Å². The Morgan fingerprint density at radius 1 is 1.09 bits per heavy atom. The molecule has 0 unspecified atom stereocenters. The number of nitrogens with zero attached hydrogens (tertiary/aromatic N) is 1. The third kappa shape index (κ3) is 2.59. The summed E-state index contributed by atoms with van der Waals surface area (Å²) in [7, 11) is 0. The van der Waals surface area contributed by atoms with Crippen molar-refractivity contribution in [2.75, 3.05) is 0 Å². The molecule has 0 aliphatic heterocycles. The van der Waals surface area contributed by atoms with Gasteiger partial charge in [-0.05, 0) is 53.6 Å².